The molecule has 1 N–H and O–H groups in total. The number of aromatic nitrogens is 2. The summed E-state index contributed by atoms with van der Waals surface area (Å²) in [6.07, 6.45) is 6.80. The lowest BCUT2D eigenvalue weighted by atomic mass is 9.98. The average Bonchev–Trinajstić information content (AvgIpc) is 3.42. The van der Waals surface area contributed by atoms with E-state index in [4.69, 9.17) is 16.3 Å². The minimum Gasteiger partial charge on any atom is -0.495 e. The highest BCUT2D eigenvalue weighted by Gasteiger charge is 2.38. The standard InChI is InChI=1S/C24H23ClN4O3/c1-32-21-5-4-17(25)12-20(21)29-14-16(11-22(29)30)24(31)28-9-6-15(7-10-28)19-13-27-23-18(19)3-2-8-26-23/h2-6,8,12-13,16H,7,9-11,14H2,1H3,(H,26,27). The Bertz CT molecular complexity index is 1230. The molecule has 32 heavy (non-hydrogen) atoms. The first-order valence-electron chi connectivity index (χ1n) is 10.6. The molecule has 1 fully saturated rings. The highest BCUT2D eigenvalue weighted by atomic mass is 35.5. The van der Waals surface area contributed by atoms with Crippen LogP contribution >= 0.6 is 11.6 Å². The molecule has 0 bridgehead atoms. The van der Waals surface area contributed by atoms with Gasteiger partial charge < -0.3 is 19.5 Å². The molecule has 2 amide bonds. The number of amides is 2. The van der Waals surface area contributed by atoms with Crippen molar-refractivity contribution in [2.24, 2.45) is 5.92 Å². The first kappa shape index (κ1) is 20.6. The number of pyridine rings is 1. The van der Waals surface area contributed by atoms with Gasteiger partial charge in [-0.15, -0.1) is 0 Å². The summed E-state index contributed by atoms with van der Waals surface area (Å²) in [5.74, 6) is 0.106. The third-order valence-electron chi connectivity index (χ3n) is 6.22. The molecule has 0 radical (unpaired) electrons. The number of hydrogen-bond acceptors (Lipinski definition) is 4. The molecule has 164 valence electrons. The van der Waals surface area contributed by atoms with E-state index in [0.717, 1.165) is 23.0 Å². The molecule has 4 heterocycles. The van der Waals surface area contributed by atoms with Crippen LogP contribution in [0.5, 0.6) is 5.75 Å². The number of methoxy groups -OCH3 is 1. The highest BCUT2D eigenvalue weighted by molar-refractivity contribution is 6.31. The monoisotopic (exact) mass is 450 g/mol. The number of carbonyl (C=O) groups excluding carboxylic acids is 2. The van der Waals surface area contributed by atoms with Crippen LogP contribution in [0.25, 0.3) is 16.6 Å². The zero-order valence-electron chi connectivity index (χ0n) is 17.7. The van der Waals surface area contributed by atoms with E-state index < -0.39 is 0 Å². The van der Waals surface area contributed by atoms with Gasteiger partial charge >= 0.3 is 0 Å². The second-order valence-corrected chi connectivity index (χ2v) is 8.52. The maximum absolute atomic E-state index is 13.2. The molecule has 5 rings (SSSR count). The Kier molecular flexibility index (Phi) is 5.35. The first-order valence-corrected chi connectivity index (χ1v) is 11.0. The van der Waals surface area contributed by atoms with E-state index in [1.54, 1.807) is 36.4 Å². The lowest BCUT2D eigenvalue weighted by Crippen LogP contribution is -2.39. The van der Waals surface area contributed by atoms with Gasteiger partial charge in [-0.1, -0.05) is 17.7 Å². The number of anilines is 1. The number of benzene rings is 1. The van der Waals surface area contributed by atoms with Crippen molar-refractivity contribution in [2.75, 3.05) is 31.6 Å². The first-order chi connectivity index (χ1) is 15.5. The fraction of sp³-hybridized carbons (Fsp3) is 0.292. The Morgan fingerprint density at radius 3 is 2.97 bits per heavy atom. The number of nitrogens with zero attached hydrogens (tertiary/aromatic N) is 3. The quantitative estimate of drug-likeness (QED) is 0.654. The Labute approximate surface area is 190 Å². The van der Waals surface area contributed by atoms with Crippen molar-refractivity contribution in [2.45, 2.75) is 12.8 Å². The van der Waals surface area contributed by atoms with E-state index >= 15 is 0 Å². The summed E-state index contributed by atoms with van der Waals surface area (Å²) in [7, 11) is 1.55. The van der Waals surface area contributed by atoms with Crippen LogP contribution in [-0.2, 0) is 9.59 Å². The molecular formula is C24H23ClN4O3. The third kappa shape index (κ3) is 3.62. The maximum atomic E-state index is 13.2. The van der Waals surface area contributed by atoms with Gasteiger partial charge in [0.25, 0.3) is 0 Å². The van der Waals surface area contributed by atoms with Crippen LogP contribution in [0.4, 0.5) is 5.69 Å². The molecule has 2 aliphatic heterocycles. The van der Waals surface area contributed by atoms with Gasteiger partial charge in [0.2, 0.25) is 11.8 Å². The molecule has 0 spiro atoms. The number of halogens is 1. The van der Waals surface area contributed by atoms with Crippen molar-refractivity contribution >= 4 is 45.7 Å². The number of hydrogen-bond donors (Lipinski definition) is 1. The molecule has 0 aliphatic carbocycles. The Morgan fingerprint density at radius 2 is 2.19 bits per heavy atom. The fourth-order valence-electron chi connectivity index (χ4n) is 4.57. The van der Waals surface area contributed by atoms with E-state index in [0.29, 0.717) is 36.1 Å². The van der Waals surface area contributed by atoms with Gasteiger partial charge in [-0.05, 0) is 42.3 Å². The summed E-state index contributed by atoms with van der Waals surface area (Å²) in [5, 5.41) is 1.61. The number of fused-ring (bicyclic) bond motifs is 1. The van der Waals surface area contributed by atoms with Gasteiger partial charge in [0.05, 0.1) is 18.7 Å². The zero-order chi connectivity index (χ0) is 22.2. The Hall–Kier alpha value is -3.32. The van der Waals surface area contributed by atoms with Gasteiger partial charge in [-0.2, -0.15) is 0 Å². The van der Waals surface area contributed by atoms with E-state index in [-0.39, 0.29) is 24.2 Å². The van der Waals surface area contributed by atoms with Crippen molar-refractivity contribution < 1.29 is 14.3 Å². The van der Waals surface area contributed by atoms with Crippen LogP contribution in [0, 0.1) is 5.92 Å². The molecular weight excluding hydrogens is 428 g/mol. The van der Waals surface area contributed by atoms with Gasteiger partial charge in [-0.3, -0.25) is 9.59 Å². The summed E-state index contributed by atoms with van der Waals surface area (Å²) in [4.78, 5) is 36.9. The van der Waals surface area contributed by atoms with Crippen LogP contribution in [-0.4, -0.2) is 53.4 Å². The number of rotatable bonds is 4. The van der Waals surface area contributed by atoms with Crippen molar-refractivity contribution in [3.8, 4) is 5.75 Å². The lowest BCUT2D eigenvalue weighted by Gasteiger charge is -2.29. The SMILES string of the molecule is COc1ccc(Cl)cc1N1CC(C(=O)N2CC=C(c3c[nH]c4ncccc34)CC2)CC1=O. The van der Waals surface area contributed by atoms with Gasteiger partial charge in [0, 0.05) is 54.4 Å². The summed E-state index contributed by atoms with van der Waals surface area (Å²) in [6.45, 7) is 1.49. The van der Waals surface area contributed by atoms with Crippen LogP contribution in [0.3, 0.4) is 0 Å². The van der Waals surface area contributed by atoms with Crippen LogP contribution in [0.15, 0.2) is 48.8 Å². The molecule has 1 unspecified atom stereocenters. The molecule has 1 atom stereocenters. The van der Waals surface area contributed by atoms with E-state index in [2.05, 4.69) is 22.1 Å². The Balaban J connectivity index is 1.30. The van der Waals surface area contributed by atoms with Gasteiger partial charge in [0.15, 0.2) is 0 Å². The van der Waals surface area contributed by atoms with Gasteiger partial charge in [-0.25, -0.2) is 4.98 Å². The second-order valence-electron chi connectivity index (χ2n) is 8.09. The average molecular weight is 451 g/mol. The third-order valence-corrected chi connectivity index (χ3v) is 6.46. The predicted octanol–water partition coefficient (Wildman–Crippen LogP) is 3.89. The highest BCUT2D eigenvalue weighted by Crippen LogP contribution is 2.36. The van der Waals surface area contributed by atoms with E-state index in [1.165, 1.54) is 5.57 Å². The summed E-state index contributed by atoms with van der Waals surface area (Å²) >= 11 is 6.13. The molecule has 2 aliphatic rings. The fourth-order valence-corrected chi connectivity index (χ4v) is 4.74. The number of ether oxygens (including phenoxy) is 1. The number of carbonyl (C=O) groups is 2. The number of H-pyrrole nitrogens is 1. The van der Waals surface area contributed by atoms with Crippen LogP contribution < -0.4 is 9.64 Å². The van der Waals surface area contributed by atoms with E-state index in [9.17, 15) is 9.59 Å². The molecule has 3 aromatic rings. The number of aromatic amines is 1. The van der Waals surface area contributed by atoms with Crippen molar-refractivity contribution in [1.29, 1.82) is 0 Å². The molecule has 7 nitrogen and oxygen atoms in total. The minimum absolute atomic E-state index is 0.0118. The van der Waals surface area contributed by atoms with Crippen molar-refractivity contribution in [3.05, 3.63) is 59.4 Å². The van der Waals surface area contributed by atoms with Crippen molar-refractivity contribution in [3.63, 3.8) is 0 Å². The molecule has 1 saturated heterocycles. The lowest BCUT2D eigenvalue weighted by molar-refractivity contribution is -0.135. The summed E-state index contributed by atoms with van der Waals surface area (Å²) in [5.41, 5.74) is 3.81. The topological polar surface area (TPSA) is 78.5 Å². The van der Waals surface area contributed by atoms with Gasteiger partial charge in [0.1, 0.15) is 11.4 Å². The normalized spacial score (nSPS) is 18.9. The maximum Gasteiger partial charge on any atom is 0.228 e. The molecule has 1 aromatic carbocycles. The second kappa shape index (κ2) is 8.31. The molecule has 2 aromatic heterocycles. The predicted molar refractivity (Wildman–Crippen MR) is 124 cm³/mol. The van der Waals surface area contributed by atoms with E-state index in [1.807, 2.05) is 17.2 Å². The molecule has 0 saturated carbocycles. The summed E-state index contributed by atoms with van der Waals surface area (Å²) in [6, 6.07) is 9.13. The number of nitrogens with one attached hydrogen (secondary N) is 1. The largest absolute Gasteiger partial charge is 0.495 e. The minimum atomic E-state index is -0.376. The van der Waals surface area contributed by atoms with Crippen LogP contribution in [0.1, 0.15) is 18.4 Å². The Morgan fingerprint density at radius 1 is 1.31 bits per heavy atom. The summed E-state index contributed by atoms with van der Waals surface area (Å²) < 4.78 is 5.39. The van der Waals surface area contributed by atoms with Crippen molar-refractivity contribution in [1.82, 2.24) is 14.9 Å². The zero-order valence-corrected chi connectivity index (χ0v) is 18.4. The van der Waals surface area contributed by atoms with Crippen LogP contribution in [0.2, 0.25) is 5.02 Å². The molecule has 8 heteroatoms. The smallest absolute Gasteiger partial charge is 0.228 e.